The average Bonchev–Trinajstić information content (AvgIpc) is 3.23. The smallest absolute Gasteiger partial charge is 0.462 e. The summed E-state index contributed by atoms with van der Waals surface area (Å²) in [6.07, 6.45) is 44.4. The summed E-state index contributed by atoms with van der Waals surface area (Å²) in [4.78, 5) is 52.7. The Balaban J connectivity index is 4.66. The number of carbonyl (C=O) groups is 2. The highest BCUT2D eigenvalue weighted by Crippen LogP contribution is 2.43. The molecule has 62 heavy (non-hydrogen) atoms. The van der Waals surface area contributed by atoms with Crippen LogP contribution >= 0.6 is 15.6 Å². The van der Waals surface area contributed by atoms with Crippen LogP contribution < -0.4 is 0 Å². The predicted molar refractivity (Wildman–Crippen MR) is 245 cm³/mol. The van der Waals surface area contributed by atoms with Crippen LogP contribution in [0.5, 0.6) is 0 Å². The minimum atomic E-state index is -4.88. The molecule has 2 unspecified atom stereocenters. The highest BCUT2D eigenvalue weighted by atomic mass is 31.2. The molecule has 14 nitrogen and oxygen atoms in total. The van der Waals surface area contributed by atoms with Gasteiger partial charge in [0.15, 0.2) is 6.10 Å². The first kappa shape index (κ1) is 59.0. The van der Waals surface area contributed by atoms with Crippen molar-refractivity contribution in [2.24, 2.45) is 0 Å². The van der Waals surface area contributed by atoms with E-state index in [2.05, 4.69) is 82.8 Å². The number of carbonyl (C=O) groups excluding carboxylic acids is 2. The second-order valence-electron chi connectivity index (χ2n) is 14.4. The van der Waals surface area contributed by atoms with Crippen LogP contribution in [-0.4, -0.2) is 81.6 Å². The molecule has 0 saturated heterocycles. The number of allylic oxidation sites excluding steroid dienone is 14. The SMILES string of the molecule is CC/C=C\C/C=C\C/C=C\C/C=C\C/C=C\CCCCCC(=O)O[C@H](COC(=O)CCCCCCC/C=C/C=C/C(O)C/C=C/CC)COP(=O)(O)OC[C@@H](O)COP(=O)(O)O. The summed E-state index contributed by atoms with van der Waals surface area (Å²) in [5.41, 5.74) is 0. The fourth-order valence-corrected chi connectivity index (χ4v) is 6.39. The maximum atomic E-state index is 12.7. The number of esters is 2. The molecule has 0 aliphatic rings. The molecular weight excluding hydrogens is 838 g/mol. The van der Waals surface area contributed by atoms with E-state index in [0.29, 0.717) is 19.3 Å². The van der Waals surface area contributed by atoms with E-state index in [4.69, 9.17) is 23.8 Å². The summed E-state index contributed by atoms with van der Waals surface area (Å²) >= 11 is 0. The lowest BCUT2D eigenvalue weighted by molar-refractivity contribution is -0.161. The van der Waals surface area contributed by atoms with Gasteiger partial charge in [0.2, 0.25) is 0 Å². The number of ether oxygens (including phenoxy) is 2. The van der Waals surface area contributed by atoms with Crippen LogP contribution in [0, 0.1) is 0 Å². The van der Waals surface area contributed by atoms with Crippen molar-refractivity contribution < 1.29 is 66.7 Å². The number of phosphoric ester groups is 2. The minimum absolute atomic E-state index is 0.0712. The van der Waals surface area contributed by atoms with E-state index in [1.165, 1.54) is 0 Å². The maximum Gasteiger partial charge on any atom is 0.472 e. The van der Waals surface area contributed by atoms with Gasteiger partial charge >= 0.3 is 27.6 Å². The van der Waals surface area contributed by atoms with Crippen LogP contribution in [0.1, 0.15) is 136 Å². The highest BCUT2D eigenvalue weighted by molar-refractivity contribution is 7.47. The molecule has 354 valence electrons. The third-order valence-electron chi connectivity index (χ3n) is 8.54. The van der Waals surface area contributed by atoms with Crippen LogP contribution in [0.15, 0.2) is 97.2 Å². The van der Waals surface area contributed by atoms with Crippen molar-refractivity contribution >= 4 is 27.6 Å². The Morgan fingerprint density at radius 2 is 1.02 bits per heavy atom. The first-order valence-electron chi connectivity index (χ1n) is 22.0. The molecule has 0 aliphatic carbocycles. The summed E-state index contributed by atoms with van der Waals surface area (Å²) in [7, 11) is -9.72. The van der Waals surface area contributed by atoms with Gasteiger partial charge in [-0.05, 0) is 83.5 Å². The lowest BCUT2D eigenvalue weighted by Crippen LogP contribution is -2.30. The zero-order chi connectivity index (χ0) is 46.0. The zero-order valence-corrected chi connectivity index (χ0v) is 38.8. The second-order valence-corrected chi connectivity index (χ2v) is 17.1. The van der Waals surface area contributed by atoms with Crippen molar-refractivity contribution in [3.05, 3.63) is 97.2 Å². The van der Waals surface area contributed by atoms with Gasteiger partial charge in [0.05, 0.1) is 25.9 Å². The third-order valence-corrected chi connectivity index (χ3v) is 9.97. The number of hydrogen-bond donors (Lipinski definition) is 5. The van der Waals surface area contributed by atoms with Crippen molar-refractivity contribution in [2.75, 3.05) is 26.4 Å². The summed E-state index contributed by atoms with van der Waals surface area (Å²) in [6.45, 7) is 1.34. The first-order chi connectivity index (χ1) is 29.8. The van der Waals surface area contributed by atoms with Gasteiger partial charge in [-0.3, -0.25) is 23.2 Å². The van der Waals surface area contributed by atoms with E-state index in [9.17, 15) is 33.8 Å². The lowest BCUT2D eigenvalue weighted by atomic mass is 10.1. The molecule has 16 heteroatoms. The summed E-state index contributed by atoms with van der Waals surface area (Å²) in [5, 5.41) is 19.6. The number of aliphatic hydroxyl groups excluding tert-OH is 2. The molecule has 0 aromatic carbocycles. The van der Waals surface area contributed by atoms with E-state index in [0.717, 1.165) is 89.9 Å². The monoisotopic (exact) mass is 914 g/mol. The van der Waals surface area contributed by atoms with E-state index in [1.54, 1.807) is 6.08 Å². The van der Waals surface area contributed by atoms with Crippen molar-refractivity contribution in [3.63, 3.8) is 0 Å². The Morgan fingerprint density at radius 3 is 1.63 bits per heavy atom. The quantitative estimate of drug-likeness (QED) is 0.0127. The number of rotatable bonds is 40. The van der Waals surface area contributed by atoms with Crippen LogP contribution in [0.3, 0.4) is 0 Å². The molecule has 5 N–H and O–H groups in total. The fourth-order valence-electron chi connectivity index (χ4n) is 5.23. The Morgan fingerprint density at radius 1 is 0.532 bits per heavy atom. The molecule has 0 fully saturated rings. The second kappa shape index (κ2) is 40.8. The van der Waals surface area contributed by atoms with Crippen LogP contribution in [0.2, 0.25) is 0 Å². The van der Waals surface area contributed by atoms with Gasteiger partial charge in [-0.15, -0.1) is 0 Å². The normalized spacial score (nSPS) is 15.4. The molecule has 0 saturated carbocycles. The molecule has 0 heterocycles. The van der Waals surface area contributed by atoms with Crippen molar-refractivity contribution in [1.29, 1.82) is 0 Å². The van der Waals surface area contributed by atoms with Gasteiger partial charge in [0.25, 0.3) is 0 Å². The lowest BCUT2D eigenvalue weighted by Gasteiger charge is -2.20. The first-order valence-corrected chi connectivity index (χ1v) is 25.1. The van der Waals surface area contributed by atoms with Gasteiger partial charge in [0, 0.05) is 12.8 Å². The molecule has 0 aromatic heterocycles. The molecular formula is C46H76O14P2. The molecule has 0 bridgehead atoms. The number of aliphatic hydroxyl groups is 2. The molecule has 0 rings (SSSR count). The van der Waals surface area contributed by atoms with Gasteiger partial charge in [-0.2, -0.15) is 0 Å². The summed E-state index contributed by atoms with van der Waals surface area (Å²) in [6, 6.07) is 0. The van der Waals surface area contributed by atoms with Gasteiger partial charge in [-0.1, -0.05) is 137 Å². The van der Waals surface area contributed by atoms with Crippen molar-refractivity contribution in [2.45, 2.75) is 154 Å². The van der Waals surface area contributed by atoms with Crippen LogP contribution in [0.4, 0.5) is 0 Å². The predicted octanol–water partition coefficient (Wildman–Crippen LogP) is 10.3. The highest BCUT2D eigenvalue weighted by Gasteiger charge is 2.28. The minimum Gasteiger partial charge on any atom is -0.462 e. The zero-order valence-electron chi connectivity index (χ0n) is 37.0. The molecule has 0 amide bonds. The van der Waals surface area contributed by atoms with Crippen LogP contribution in [-0.2, 0) is 41.8 Å². The molecule has 0 spiro atoms. The van der Waals surface area contributed by atoms with E-state index in [1.807, 2.05) is 31.2 Å². The topological polar surface area (TPSA) is 216 Å². The Hall–Kier alpha value is -3.00. The molecule has 4 atom stereocenters. The summed E-state index contributed by atoms with van der Waals surface area (Å²) < 4.78 is 47.7. The standard InChI is InChI=1S/C46H76O14P2/c1-3-5-7-8-9-10-11-12-13-14-15-16-17-18-19-22-26-29-33-37-46(50)60-44(41-59-62(54,55)58-39-43(48)38-57-61(51,52)53)40-56-45(49)36-32-28-25-23-20-21-24-27-31-35-42(47)34-30-6-4-2/h5-7,9-10,12-13,15-16,18-19,24,27,30-31,35,42-44,47-48H,3-4,8,11,14,17,20-23,25-26,28-29,32-34,36-41H2,1-2H3,(H,54,55)(H2,51,52,53)/b7-5-,10-9-,13-12-,16-15-,19-18-,27-24+,30-6+,35-31+/t42?,43-,44+/m0/s1. The number of hydrogen-bond acceptors (Lipinski definition) is 11. The van der Waals surface area contributed by atoms with Crippen LogP contribution in [0.25, 0.3) is 0 Å². The Bertz CT molecular complexity index is 1480. The summed E-state index contributed by atoms with van der Waals surface area (Å²) in [5.74, 6) is -1.13. The number of unbranched alkanes of at least 4 members (excludes halogenated alkanes) is 8. The Kier molecular flexibility index (Phi) is 38.8. The molecule has 0 aromatic rings. The Labute approximate surface area is 371 Å². The van der Waals surface area contributed by atoms with E-state index >= 15 is 0 Å². The van der Waals surface area contributed by atoms with Gasteiger partial charge < -0.3 is 34.4 Å². The third kappa shape index (κ3) is 43.6. The largest absolute Gasteiger partial charge is 0.472 e. The average molecular weight is 915 g/mol. The van der Waals surface area contributed by atoms with Crippen molar-refractivity contribution in [1.82, 2.24) is 0 Å². The van der Waals surface area contributed by atoms with E-state index < -0.39 is 72.3 Å². The number of phosphoric acid groups is 2. The molecule has 0 radical (unpaired) electrons. The molecule has 0 aliphatic heterocycles. The maximum absolute atomic E-state index is 12.7. The van der Waals surface area contributed by atoms with Gasteiger partial charge in [-0.25, -0.2) is 9.13 Å². The fraction of sp³-hybridized carbons (Fsp3) is 0.609. The van der Waals surface area contributed by atoms with E-state index in [-0.39, 0.29) is 12.8 Å². The van der Waals surface area contributed by atoms with Crippen molar-refractivity contribution in [3.8, 4) is 0 Å². The van der Waals surface area contributed by atoms with Gasteiger partial charge in [0.1, 0.15) is 12.7 Å².